The van der Waals surface area contributed by atoms with Crippen LogP contribution in [0.3, 0.4) is 0 Å². The third-order valence-electron chi connectivity index (χ3n) is 6.26. The zero-order chi connectivity index (χ0) is 20.1. The third kappa shape index (κ3) is 2.79. The van der Waals surface area contributed by atoms with Gasteiger partial charge in [0.15, 0.2) is 0 Å². The number of benzene rings is 1. The number of imide groups is 1. The van der Waals surface area contributed by atoms with E-state index >= 15 is 0 Å². The van der Waals surface area contributed by atoms with Crippen molar-refractivity contribution in [2.24, 2.45) is 5.41 Å². The summed E-state index contributed by atoms with van der Waals surface area (Å²) in [6.07, 6.45) is 1.86. The number of sulfonamides is 1. The molecule has 1 aromatic carbocycles. The summed E-state index contributed by atoms with van der Waals surface area (Å²) in [5.41, 5.74) is 0.227. The molecular weight excluding hydrogens is 380 g/mol. The molecule has 0 aliphatic carbocycles. The standard InChI is InChI=1S/C19H22N4O4S/c1-2-22-17(24)16-11-19(13-23(16)18(22)25)7-9-21(10-8-19)28(26,27)15-5-3-14(12-20)4-6-15/h3-6,16H,2,7-11,13H2,1H3. The van der Waals surface area contributed by atoms with Crippen molar-refractivity contribution in [3.05, 3.63) is 29.8 Å². The number of likely N-dealkylation sites (N-methyl/N-ethyl adjacent to an activating group) is 1. The van der Waals surface area contributed by atoms with Crippen molar-refractivity contribution in [2.75, 3.05) is 26.2 Å². The van der Waals surface area contributed by atoms with Crippen LogP contribution in [0.5, 0.6) is 0 Å². The highest BCUT2D eigenvalue weighted by molar-refractivity contribution is 7.89. The van der Waals surface area contributed by atoms with Gasteiger partial charge in [0.25, 0.3) is 5.91 Å². The van der Waals surface area contributed by atoms with Crippen molar-refractivity contribution in [1.82, 2.24) is 14.1 Å². The topological polar surface area (TPSA) is 102 Å². The number of hydrogen-bond acceptors (Lipinski definition) is 5. The number of hydrogen-bond donors (Lipinski definition) is 0. The van der Waals surface area contributed by atoms with Crippen LogP contribution >= 0.6 is 0 Å². The first kappa shape index (κ1) is 18.9. The van der Waals surface area contributed by atoms with Crippen molar-refractivity contribution < 1.29 is 18.0 Å². The lowest BCUT2D eigenvalue weighted by atomic mass is 9.77. The van der Waals surface area contributed by atoms with Gasteiger partial charge in [-0.25, -0.2) is 13.2 Å². The highest BCUT2D eigenvalue weighted by Crippen LogP contribution is 2.46. The number of carbonyl (C=O) groups is 2. The maximum Gasteiger partial charge on any atom is 0.327 e. The molecule has 28 heavy (non-hydrogen) atoms. The van der Waals surface area contributed by atoms with Crippen molar-refractivity contribution in [3.8, 4) is 6.07 Å². The first-order valence-electron chi connectivity index (χ1n) is 9.44. The lowest BCUT2D eigenvalue weighted by Crippen LogP contribution is -2.45. The molecule has 0 N–H and O–H groups in total. The summed E-state index contributed by atoms with van der Waals surface area (Å²) >= 11 is 0. The Labute approximate surface area is 164 Å². The van der Waals surface area contributed by atoms with Crippen molar-refractivity contribution in [1.29, 1.82) is 5.26 Å². The van der Waals surface area contributed by atoms with E-state index in [0.717, 1.165) is 0 Å². The SMILES string of the molecule is CCN1C(=O)C2CC3(CCN(S(=O)(=O)c4ccc(C#N)cc4)CC3)CN2C1=O. The number of nitriles is 1. The van der Waals surface area contributed by atoms with Crippen LogP contribution in [0.25, 0.3) is 0 Å². The van der Waals surface area contributed by atoms with E-state index in [4.69, 9.17) is 5.26 Å². The van der Waals surface area contributed by atoms with Crippen LogP contribution in [0.1, 0.15) is 31.7 Å². The van der Waals surface area contributed by atoms with Crippen LogP contribution in [0.4, 0.5) is 4.79 Å². The smallest absolute Gasteiger partial charge is 0.312 e. The Bertz CT molecular complexity index is 933. The Morgan fingerprint density at radius 1 is 1.18 bits per heavy atom. The van der Waals surface area contributed by atoms with Gasteiger partial charge in [-0.1, -0.05) is 0 Å². The molecule has 4 rings (SSSR count). The van der Waals surface area contributed by atoms with Gasteiger partial charge in [0.2, 0.25) is 10.0 Å². The maximum atomic E-state index is 12.9. The average molecular weight is 402 g/mol. The Morgan fingerprint density at radius 2 is 1.82 bits per heavy atom. The molecule has 3 amide bonds. The quantitative estimate of drug-likeness (QED) is 0.711. The Balaban J connectivity index is 1.46. The molecule has 3 heterocycles. The summed E-state index contributed by atoms with van der Waals surface area (Å²) < 4.78 is 27.2. The molecule has 1 aromatic rings. The Morgan fingerprint density at radius 3 is 2.36 bits per heavy atom. The first-order chi connectivity index (χ1) is 13.3. The summed E-state index contributed by atoms with van der Waals surface area (Å²) in [6.45, 7) is 3.42. The highest BCUT2D eigenvalue weighted by Gasteiger charge is 2.56. The molecule has 0 aromatic heterocycles. The fourth-order valence-corrected chi connectivity index (χ4v) is 6.05. The molecule has 3 fully saturated rings. The molecule has 9 heteroatoms. The average Bonchev–Trinajstić information content (AvgIpc) is 3.17. The zero-order valence-electron chi connectivity index (χ0n) is 15.7. The lowest BCUT2D eigenvalue weighted by Gasteiger charge is -2.38. The van der Waals surface area contributed by atoms with Gasteiger partial charge in [0.1, 0.15) is 6.04 Å². The van der Waals surface area contributed by atoms with Crippen LogP contribution in [0.2, 0.25) is 0 Å². The Hall–Kier alpha value is -2.44. The van der Waals surface area contributed by atoms with Gasteiger partial charge in [-0.05, 0) is 55.9 Å². The second kappa shape index (κ2) is 6.57. The van der Waals surface area contributed by atoms with Gasteiger partial charge >= 0.3 is 6.03 Å². The van der Waals surface area contributed by atoms with Crippen LogP contribution in [-0.4, -0.2) is 66.7 Å². The number of nitrogens with zero attached hydrogens (tertiary/aromatic N) is 4. The maximum absolute atomic E-state index is 12.9. The number of amides is 3. The Kier molecular flexibility index (Phi) is 4.43. The molecule has 8 nitrogen and oxygen atoms in total. The van der Waals surface area contributed by atoms with Gasteiger partial charge in [-0.15, -0.1) is 0 Å². The van der Waals surface area contributed by atoms with E-state index < -0.39 is 16.1 Å². The van der Waals surface area contributed by atoms with E-state index in [1.165, 1.54) is 33.5 Å². The van der Waals surface area contributed by atoms with E-state index in [-0.39, 0.29) is 22.2 Å². The fraction of sp³-hybridized carbons (Fsp3) is 0.526. The van der Waals surface area contributed by atoms with Crippen molar-refractivity contribution in [3.63, 3.8) is 0 Å². The van der Waals surface area contributed by atoms with Crippen LogP contribution in [-0.2, 0) is 14.8 Å². The normalized spacial score (nSPS) is 24.6. The van der Waals surface area contributed by atoms with Crippen LogP contribution in [0.15, 0.2) is 29.2 Å². The highest BCUT2D eigenvalue weighted by atomic mass is 32.2. The molecule has 3 saturated heterocycles. The molecule has 0 bridgehead atoms. The number of urea groups is 1. The molecule has 148 valence electrons. The van der Waals surface area contributed by atoms with Gasteiger partial charge in [0.05, 0.1) is 16.5 Å². The molecule has 0 radical (unpaired) electrons. The predicted molar refractivity (Wildman–Crippen MR) is 99.5 cm³/mol. The van der Waals surface area contributed by atoms with Crippen molar-refractivity contribution in [2.45, 2.75) is 37.1 Å². The minimum atomic E-state index is -3.62. The monoisotopic (exact) mass is 402 g/mol. The van der Waals surface area contributed by atoms with E-state index in [0.29, 0.717) is 51.0 Å². The lowest BCUT2D eigenvalue weighted by molar-refractivity contribution is -0.128. The van der Waals surface area contributed by atoms with Crippen molar-refractivity contribution >= 4 is 22.0 Å². The third-order valence-corrected chi connectivity index (χ3v) is 8.17. The minimum absolute atomic E-state index is 0.128. The van der Waals surface area contributed by atoms with E-state index in [2.05, 4.69) is 0 Å². The van der Waals surface area contributed by atoms with E-state index in [1.807, 2.05) is 6.07 Å². The predicted octanol–water partition coefficient (Wildman–Crippen LogP) is 1.39. The van der Waals surface area contributed by atoms with Crippen LogP contribution < -0.4 is 0 Å². The zero-order valence-corrected chi connectivity index (χ0v) is 16.5. The minimum Gasteiger partial charge on any atom is -0.312 e. The number of piperidine rings is 1. The van der Waals surface area contributed by atoms with Gasteiger partial charge in [-0.3, -0.25) is 9.69 Å². The molecule has 0 saturated carbocycles. The second-order valence-corrected chi connectivity index (χ2v) is 9.69. The number of carbonyl (C=O) groups excluding carboxylic acids is 2. The number of rotatable bonds is 3. The second-order valence-electron chi connectivity index (χ2n) is 7.75. The van der Waals surface area contributed by atoms with Crippen LogP contribution in [0, 0.1) is 16.7 Å². The fourth-order valence-electron chi connectivity index (χ4n) is 4.61. The molecule has 1 atom stereocenters. The molecule has 1 unspecified atom stereocenters. The summed E-state index contributed by atoms with van der Waals surface area (Å²) in [6, 6.07) is 7.28. The summed E-state index contributed by atoms with van der Waals surface area (Å²) in [7, 11) is -3.62. The molecule has 3 aliphatic rings. The summed E-state index contributed by atoms with van der Waals surface area (Å²) in [5, 5.41) is 8.87. The molecular formula is C19H22N4O4S. The number of fused-ring (bicyclic) bond motifs is 1. The first-order valence-corrected chi connectivity index (χ1v) is 10.9. The van der Waals surface area contributed by atoms with E-state index in [9.17, 15) is 18.0 Å². The molecule has 1 spiro atoms. The van der Waals surface area contributed by atoms with E-state index in [1.54, 1.807) is 11.8 Å². The van der Waals surface area contributed by atoms with Gasteiger partial charge in [0, 0.05) is 26.2 Å². The molecule has 3 aliphatic heterocycles. The van der Waals surface area contributed by atoms with Gasteiger partial charge in [-0.2, -0.15) is 9.57 Å². The summed E-state index contributed by atoms with van der Waals surface area (Å²) in [4.78, 5) is 28.0. The van der Waals surface area contributed by atoms with Gasteiger partial charge < -0.3 is 4.90 Å². The largest absolute Gasteiger partial charge is 0.327 e. The summed E-state index contributed by atoms with van der Waals surface area (Å²) in [5.74, 6) is -0.128.